The van der Waals surface area contributed by atoms with Crippen molar-refractivity contribution in [3.05, 3.63) is 61.0 Å². The lowest BCUT2D eigenvalue weighted by molar-refractivity contribution is -0.144. The number of aryl methyl sites for hydroxylation is 1. The Morgan fingerprint density at radius 1 is 1.20 bits per heavy atom. The average Bonchev–Trinajstić information content (AvgIpc) is 3.05. The molecular formula is C21H25BrN4O4. The molecule has 0 fully saturated rings. The highest BCUT2D eigenvalue weighted by atomic mass is 79.9. The van der Waals surface area contributed by atoms with Crippen LogP contribution in [0, 0.1) is 0 Å². The van der Waals surface area contributed by atoms with Gasteiger partial charge >= 0.3 is 11.7 Å². The molecule has 0 saturated heterocycles. The van der Waals surface area contributed by atoms with Crippen molar-refractivity contribution < 1.29 is 9.53 Å². The zero-order valence-corrected chi connectivity index (χ0v) is 19.3. The highest BCUT2D eigenvalue weighted by Gasteiger charge is 2.33. The first-order valence-corrected chi connectivity index (χ1v) is 10.4. The van der Waals surface area contributed by atoms with Gasteiger partial charge in [0.05, 0.1) is 13.0 Å². The normalized spacial score (nSPS) is 11.8. The molecule has 30 heavy (non-hydrogen) atoms. The smallest absolute Gasteiger partial charge is 0.332 e. The van der Waals surface area contributed by atoms with Gasteiger partial charge in [-0.15, -0.1) is 0 Å². The van der Waals surface area contributed by atoms with Crippen molar-refractivity contribution >= 4 is 33.1 Å². The molecule has 0 aliphatic carbocycles. The van der Waals surface area contributed by atoms with E-state index in [9.17, 15) is 14.4 Å². The molecule has 0 aliphatic rings. The minimum Gasteiger partial charge on any atom is -0.466 e. The van der Waals surface area contributed by atoms with E-state index in [-0.39, 0.29) is 12.4 Å². The number of carbonyl (C=O) groups is 1. The molecule has 2 heterocycles. The van der Waals surface area contributed by atoms with Gasteiger partial charge in [0.25, 0.3) is 5.56 Å². The molecule has 1 aromatic carbocycles. The van der Waals surface area contributed by atoms with E-state index in [2.05, 4.69) is 20.9 Å². The molecule has 3 rings (SSSR count). The number of hydrogen-bond donors (Lipinski definition) is 0. The Hall–Kier alpha value is -2.68. The van der Waals surface area contributed by atoms with Crippen LogP contribution in [0.15, 0.2) is 38.3 Å². The topological polar surface area (TPSA) is 88.1 Å². The fraction of sp³-hybridized carbons (Fsp3) is 0.429. The van der Waals surface area contributed by atoms with E-state index >= 15 is 0 Å². The lowest BCUT2D eigenvalue weighted by Crippen LogP contribution is -2.37. The second kappa shape index (κ2) is 8.22. The van der Waals surface area contributed by atoms with Gasteiger partial charge in [-0.2, -0.15) is 0 Å². The summed E-state index contributed by atoms with van der Waals surface area (Å²) < 4.78 is 10.3. The molecule has 0 radical (unpaired) electrons. The molecule has 0 aliphatic heterocycles. The van der Waals surface area contributed by atoms with Crippen LogP contribution in [0.5, 0.6) is 0 Å². The Labute approximate surface area is 182 Å². The third-order valence-electron chi connectivity index (χ3n) is 5.07. The summed E-state index contributed by atoms with van der Waals surface area (Å²) in [5.41, 5.74) is -0.0225. The first kappa shape index (κ1) is 22.0. The van der Waals surface area contributed by atoms with Gasteiger partial charge in [0.1, 0.15) is 5.82 Å². The van der Waals surface area contributed by atoms with E-state index in [0.29, 0.717) is 30.1 Å². The van der Waals surface area contributed by atoms with Gasteiger partial charge in [-0.25, -0.2) is 9.78 Å². The molecule has 0 bridgehead atoms. The third kappa shape index (κ3) is 3.98. The number of esters is 1. The number of benzene rings is 1. The second-order valence-corrected chi connectivity index (χ2v) is 8.81. The molecule has 0 N–H and O–H groups in total. The van der Waals surface area contributed by atoms with Gasteiger partial charge in [0.15, 0.2) is 11.2 Å². The summed E-state index contributed by atoms with van der Waals surface area (Å²) in [5, 5.41) is 0. The van der Waals surface area contributed by atoms with E-state index in [1.807, 2.05) is 38.1 Å². The fourth-order valence-corrected chi connectivity index (χ4v) is 4.03. The Bertz CT molecular complexity index is 1240. The van der Waals surface area contributed by atoms with Crippen molar-refractivity contribution in [2.45, 2.75) is 39.2 Å². The monoisotopic (exact) mass is 476 g/mol. The maximum Gasteiger partial charge on any atom is 0.332 e. The predicted molar refractivity (Wildman–Crippen MR) is 118 cm³/mol. The molecule has 9 heteroatoms. The maximum absolute atomic E-state index is 13.0. The number of fused-ring (bicyclic) bond motifs is 1. The Morgan fingerprint density at radius 3 is 2.53 bits per heavy atom. The summed E-state index contributed by atoms with van der Waals surface area (Å²) in [5.74, 6) is 0.203. The van der Waals surface area contributed by atoms with E-state index in [1.54, 1.807) is 18.5 Å². The average molecular weight is 477 g/mol. The highest BCUT2D eigenvalue weighted by Crippen LogP contribution is 2.30. The molecule has 2 aromatic heterocycles. The van der Waals surface area contributed by atoms with E-state index in [4.69, 9.17) is 4.74 Å². The molecule has 160 valence electrons. The van der Waals surface area contributed by atoms with E-state index in [0.717, 1.165) is 14.6 Å². The molecule has 0 atom stereocenters. The zero-order valence-electron chi connectivity index (χ0n) is 17.7. The fourth-order valence-electron chi connectivity index (χ4n) is 3.59. The van der Waals surface area contributed by atoms with Crippen molar-refractivity contribution in [2.75, 3.05) is 6.61 Å². The largest absolute Gasteiger partial charge is 0.466 e. The summed E-state index contributed by atoms with van der Waals surface area (Å²) in [4.78, 5) is 42.4. The maximum atomic E-state index is 13.0. The minimum absolute atomic E-state index is 0.0942. The minimum atomic E-state index is -0.724. The van der Waals surface area contributed by atoms with Crippen LogP contribution in [0.2, 0.25) is 0 Å². The first-order chi connectivity index (χ1) is 14.1. The molecule has 3 aromatic rings. The molecule has 0 saturated carbocycles. The number of aromatic nitrogens is 4. The van der Waals surface area contributed by atoms with Gasteiger partial charge in [-0.1, -0.05) is 41.9 Å². The molecule has 8 nitrogen and oxygen atoms in total. The number of nitrogens with zero attached hydrogens (tertiary/aromatic N) is 4. The second-order valence-electron chi connectivity index (χ2n) is 7.90. The molecule has 0 unspecified atom stereocenters. The van der Waals surface area contributed by atoms with Crippen molar-refractivity contribution in [2.24, 2.45) is 14.1 Å². The molecule has 0 amide bonds. The van der Waals surface area contributed by atoms with Crippen molar-refractivity contribution in [1.29, 1.82) is 0 Å². The number of rotatable bonds is 6. The number of hydrogen-bond acceptors (Lipinski definition) is 5. The van der Waals surface area contributed by atoms with Crippen LogP contribution in [0.1, 0.15) is 38.6 Å². The molecular weight excluding hydrogens is 452 g/mol. The quantitative estimate of drug-likeness (QED) is 0.509. The van der Waals surface area contributed by atoms with Crippen LogP contribution < -0.4 is 11.2 Å². The van der Waals surface area contributed by atoms with Gasteiger partial charge in [0.2, 0.25) is 0 Å². The van der Waals surface area contributed by atoms with Crippen molar-refractivity contribution in [3.63, 3.8) is 0 Å². The number of halogens is 1. The lowest BCUT2D eigenvalue weighted by atomic mass is 9.88. The van der Waals surface area contributed by atoms with E-state index < -0.39 is 16.7 Å². The van der Waals surface area contributed by atoms with Gasteiger partial charge < -0.3 is 9.30 Å². The van der Waals surface area contributed by atoms with Gasteiger partial charge in [-0.3, -0.25) is 18.7 Å². The standard InChI is InChI=1S/C21H25BrN4O4/c1-6-30-15(27)11-21(2,3)19-23-17-16(18(28)25(5)20(29)24(17)4)26(19)12-13-8-7-9-14(22)10-13/h7-10H,6,11-12H2,1-5H3. The Balaban J connectivity index is 2.29. The van der Waals surface area contributed by atoms with Gasteiger partial charge in [0, 0.05) is 30.5 Å². The van der Waals surface area contributed by atoms with Crippen LogP contribution in [-0.4, -0.2) is 31.3 Å². The SMILES string of the molecule is CCOC(=O)CC(C)(C)c1nc2c(c(=O)n(C)c(=O)n2C)n1Cc1cccc(Br)c1. The van der Waals surface area contributed by atoms with Crippen LogP contribution >= 0.6 is 15.9 Å². The summed E-state index contributed by atoms with van der Waals surface area (Å²) in [7, 11) is 3.03. The van der Waals surface area contributed by atoms with Crippen LogP contribution in [0.25, 0.3) is 11.2 Å². The van der Waals surface area contributed by atoms with Gasteiger partial charge in [-0.05, 0) is 24.6 Å². The van der Waals surface area contributed by atoms with Crippen LogP contribution in [0.3, 0.4) is 0 Å². The zero-order chi connectivity index (χ0) is 22.2. The Kier molecular flexibility index (Phi) is 6.03. The number of carbonyl (C=O) groups excluding carboxylic acids is 1. The summed E-state index contributed by atoms with van der Waals surface area (Å²) in [6.07, 6.45) is 0.0942. The van der Waals surface area contributed by atoms with Crippen LogP contribution in [-0.2, 0) is 35.6 Å². The van der Waals surface area contributed by atoms with Crippen molar-refractivity contribution in [1.82, 2.24) is 18.7 Å². The van der Waals surface area contributed by atoms with E-state index in [1.165, 1.54) is 11.6 Å². The highest BCUT2D eigenvalue weighted by molar-refractivity contribution is 9.10. The first-order valence-electron chi connectivity index (χ1n) is 9.63. The third-order valence-corrected chi connectivity index (χ3v) is 5.57. The predicted octanol–water partition coefficient (Wildman–Crippen LogP) is 2.48. The number of ether oxygens (including phenoxy) is 1. The summed E-state index contributed by atoms with van der Waals surface area (Å²) in [6.45, 7) is 6.17. The lowest BCUT2D eigenvalue weighted by Gasteiger charge is -2.24. The Morgan fingerprint density at radius 2 is 1.90 bits per heavy atom. The molecule has 0 spiro atoms. The summed E-state index contributed by atoms with van der Waals surface area (Å²) in [6, 6.07) is 7.74. The number of imidazole rings is 1. The van der Waals surface area contributed by atoms with Crippen LogP contribution in [0.4, 0.5) is 0 Å². The summed E-state index contributed by atoms with van der Waals surface area (Å²) >= 11 is 3.47. The van der Waals surface area contributed by atoms with Crippen molar-refractivity contribution in [3.8, 4) is 0 Å².